The zero-order valence-corrected chi connectivity index (χ0v) is 14.4. The highest BCUT2D eigenvalue weighted by molar-refractivity contribution is 5.91. The number of fused-ring (bicyclic) bond motifs is 1. The van der Waals surface area contributed by atoms with E-state index in [9.17, 15) is 9.59 Å². The van der Waals surface area contributed by atoms with E-state index >= 15 is 0 Å². The van der Waals surface area contributed by atoms with E-state index in [-0.39, 0.29) is 12.7 Å². The predicted octanol–water partition coefficient (Wildman–Crippen LogP) is 1.29. The minimum atomic E-state index is -1.37. The second kappa shape index (κ2) is 7.09. The lowest BCUT2D eigenvalue weighted by Gasteiger charge is -2.30. The number of methoxy groups -OCH3 is 1. The Morgan fingerprint density at radius 3 is 2.62 bits per heavy atom. The number of nitrogens with one attached hydrogen (secondary N) is 1. The number of amides is 1. The molecule has 2 rings (SSSR count). The van der Waals surface area contributed by atoms with E-state index in [0.717, 1.165) is 0 Å². The lowest BCUT2D eigenvalue weighted by Crippen LogP contribution is -2.55. The maximum Gasteiger partial charge on any atom is 0.336 e. The van der Waals surface area contributed by atoms with Crippen LogP contribution in [0.1, 0.15) is 32.8 Å². The van der Waals surface area contributed by atoms with Gasteiger partial charge in [0.15, 0.2) is 17.0 Å². The first-order valence-corrected chi connectivity index (χ1v) is 7.84. The number of hydrogen-bond donors (Lipinski definition) is 2. The summed E-state index contributed by atoms with van der Waals surface area (Å²) in [5.74, 6) is 0.374. The van der Waals surface area contributed by atoms with Crippen LogP contribution in [-0.4, -0.2) is 31.8 Å². The third-order valence-corrected chi connectivity index (χ3v) is 3.98. The second-order valence-corrected chi connectivity index (χ2v) is 6.41. The molecule has 0 aromatic heterocycles. The van der Waals surface area contributed by atoms with Crippen LogP contribution < -0.4 is 20.5 Å². The van der Waals surface area contributed by atoms with Crippen molar-refractivity contribution in [3.63, 3.8) is 0 Å². The third-order valence-electron chi connectivity index (χ3n) is 3.98. The molecule has 0 radical (unpaired) electrons. The van der Waals surface area contributed by atoms with Crippen LogP contribution in [0.4, 0.5) is 0 Å². The largest absolute Gasteiger partial charge is 0.467 e. The fourth-order valence-electron chi connectivity index (χ4n) is 2.61. The molecule has 132 valence electrons. The first-order valence-electron chi connectivity index (χ1n) is 7.84. The maximum absolute atomic E-state index is 12.4. The second-order valence-electron chi connectivity index (χ2n) is 6.41. The molecule has 1 aromatic carbocycles. The fraction of sp³-hybridized carbons (Fsp3) is 0.529. The highest BCUT2D eigenvalue weighted by atomic mass is 16.7. The van der Waals surface area contributed by atoms with Crippen molar-refractivity contribution in [3.8, 4) is 11.5 Å². The number of carbonyl (C=O) groups excluding carboxylic acids is 2. The van der Waals surface area contributed by atoms with Crippen molar-refractivity contribution >= 4 is 11.9 Å². The summed E-state index contributed by atoms with van der Waals surface area (Å²) in [6.45, 7) is 5.66. The molecule has 0 fully saturated rings. The zero-order chi connectivity index (χ0) is 17.9. The molecule has 0 saturated carbocycles. The Balaban J connectivity index is 2.29. The molecule has 7 heteroatoms. The number of nitrogens with two attached hydrogens (primary N) is 1. The van der Waals surface area contributed by atoms with Crippen molar-refractivity contribution in [3.05, 3.63) is 23.8 Å². The number of esters is 1. The minimum Gasteiger partial charge on any atom is -0.467 e. The molecule has 24 heavy (non-hydrogen) atoms. The molecular formula is C17H24N2O5. The molecule has 7 nitrogen and oxygen atoms in total. The fourth-order valence-corrected chi connectivity index (χ4v) is 2.61. The van der Waals surface area contributed by atoms with Crippen molar-refractivity contribution in [2.45, 2.75) is 38.8 Å². The van der Waals surface area contributed by atoms with Crippen LogP contribution in [0.2, 0.25) is 0 Å². The van der Waals surface area contributed by atoms with E-state index < -0.39 is 23.5 Å². The van der Waals surface area contributed by atoms with Gasteiger partial charge in [-0.05, 0) is 37.0 Å². The predicted molar refractivity (Wildman–Crippen MR) is 87.5 cm³/mol. The van der Waals surface area contributed by atoms with Crippen molar-refractivity contribution < 1.29 is 23.8 Å². The van der Waals surface area contributed by atoms with Crippen LogP contribution in [0.3, 0.4) is 0 Å². The smallest absolute Gasteiger partial charge is 0.336 e. The van der Waals surface area contributed by atoms with Gasteiger partial charge in [0.05, 0.1) is 13.2 Å². The Hall–Kier alpha value is -2.28. The molecule has 0 spiro atoms. The van der Waals surface area contributed by atoms with Gasteiger partial charge in [0, 0.05) is 0 Å². The monoisotopic (exact) mass is 336 g/mol. The molecule has 0 saturated heterocycles. The van der Waals surface area contributed by atoms with Gasteiger partial charge >= 0.3 is 5.97 Å². The van der Waals surface area contributed by atoms with Gasteiger partial charge in [-0.1, -0.05) is 19.9 Å². The number of carbonyl (C=O) groups is 2. The van der Waals surface area contributed by atoms with Crippen molar-refractivity contribution in [1.82, 2.24) is 5.32 Å². The highest BCUT2D eigenvalue weighted by Gasteiger charge is 2.40. The summed E-state index contributed by atoms with van der Waals surface area (Å²) in [6, 6.07) is 4.34. The quantitative estimate of drug-likeness (QED) is 0.760. The Kier molecular flexibility index (Phi) is 5.33. The van der Waals surface area contributed by atoms with Crippen LogP contribution in [0.25, 0.3) is 0 Å². The van der Waals surface area contributed by atoms with Crippen LogP contribution in [-0.2, 0) is 19.9 Å². The van der Waals surface area contributed by atoms with E-state index in [1.54, 1.807) is 25.1 Å². The molecule has 3 N–H and O–H groups in total. The topological polar surface area (TPSA) is 99.9 Å². The number of ether oxygens (including phenoxy) is 3. The normalized spacial score (nSPS) is 16.4. The summed E-state index contributed by atoms with van der Waals surface area (Å²) in [6.07, 6.45) is 0.518. The van der Waals surface area contributed by atoms with Crippen molar-refractivity contribution in [1.29, 1.82) is 0 Å². The Morgan fingerprint density at radius 1 is 1.33 bits per heavy atom. The highest BCUT2D eigenvalue weighted by Crippen LogP contribution is 2.36. The molecule has 2 atom stereocenters. The summed E-state index contributed by atoms with van der Waals surface area (Å²) in [5, 5.41) is 2.72. The summed E-state index contributed by atoms with van der Waals surface area (Å²) in [5.41, 5.74) is 5.08. The first-order chi connectivity index (χ1) is 11.3. The SMILES string of the molecule is COC(=O)C(C)(NC(=O)[C@@H](N)CC(C)C)c1ccc2c(c1)OCO2. The first kappa shape index (κ1) is 18.1. The van der Waals surface area contributed by atoms with E-state index in [4.69, 9.17) is 19.9 Å². The Labute approximate surface area is 141 Å². The Bertz CT molecular complexity index is 631. The standard InChI is InChI=1S/C17H24N2O5/c1-10(2)7-12(18)15(20)19-17(3,16(21)22-4)11-5-6-13-14(8-11)24-9-23-13/h5-6,8,10,12H,7,9,18H2,1-4H3,(H,19,20)/t12-,17?/m0/s1. The molecule has 1 aliphatic rings. The lowest BCUT2D eigenvalue weighted by atomic mass is 9.90. The summed E-state index contributed by atoms with van der Waals surface area (Å²) < 4.78 is 15.5. The summed E-state index contributed by atoms with van der Waals surface area (Å²) >= 11 is 0. The van der Waals surface area contributed by atoms with Gasteiger partial charge in [-0.2, -0.15) is 0 Å². The lowest BCUT2D eigenvalue weighted by molar-refractivity contribution is -0.151. The van der Waals surface area contributed by atoms with Gasteiger partial charge in [0.25, 0.3) is 0 Å². The zero-order valence-electron chi connectivity index (χ0n) is 14.4. The molecule has 0 bridgehead atoms. The molecule has 0 aliphatic carbocycles. The van der Waals surface area contributed by atoms with Crippen molar-refractivity contribution in [2.75, 3.05) is 13.9 Å². The molecule has 1 amide bonds. The summed E-state index contributed by atoms with van der Waals surface area (Å²) in [4.78, 5) is 24.8. The number of hydrogen-bond acceptors (Lipinski definition) is 6. The maximum atomic E-state index is 12.4. The van der Waals surface area contributed by atoms with Gasteiger partial charge < -0.3 is 25.3 Å². The van der Waals surface area contributed by atoms with Gasteiger partial charge in [0.1, 0.15) is 0 Å². The Morgan fingerprint density at radius 2 is 2.00 bits per heavy atom. The minimum absolute atomic E-state index is 0.124. The van der Waals surface area contributed by atoms with Crippen LogP contribution in [0.15, 0.2) is 18.2 Å². The van der Waals surface area contributed by atoms with E-state index in [2.05, 4.69) is 5.32 Å². The van der Waals surface area contributed by atoms with Crippen LogP contribution >= 0.6 is 0 Å². The summed E-state index contributed by atoms with van der Waals surface area (Å²) in [7, 11) is 1.27. The number of rotatable bonds is 6. The van der Waals surface area contributed by atoms with Gasteiger partial charge in [-0.15, -0.1) is 0 Å². The number of benzene rings is 1. The molecular weight excluding hydrogens is 312 g/mol. The van der Waals surface area contributed by atoms with E-state index in [0.29, 0.717) is 23.5 Å². The molecule has 1 heterocycles. The molecule has 1 aliphatic heterocycles. The van der Waals surface area contributed by atoms with E-state index in [1.165, 1.54) is 7.11 Å². The van der Waals surface area contributed by atoms with Gasteiger partial charge in [-0.25, -0.2) is 4.79 Å². The third kappa shape index (κ3) is 3.62. The van der Waals surface area contributed by atoms with Gasteiger partial charge in [-0.3, -0.25) is 4.79 Å². The van der Waals surface area contributed by atoms with Crippen LogP contribution in [0.5, 0.6) is 11.5 Å². The average Bonchev–Trinajstić information content (AvgIpc) is 3.00. The van der Waals surface area contributed by atoms with Crippen molar-refractivity contribution in [2.24, 2.45) is 11.7 Å². The average molecular weight is 336 g/mol. The van der Waals surface area contributed by atoms with Gasteiger partial charge in [0.2, 0.25) is 12.7 Å². The molecule has 1 unspecified atom stereocenters. The van der Waals surface area contributed by atoms with E-state index in [1.807, 2.05) is 13.8 Å². The van der Waals surface area contributed by atoms with Crippen LogP contribution in [0, 0.1) is 5.92 Å². The molecule has 1 aromatic rings.